The molecular formula is C12H11N3O. The molecule has 0 aliphatic heterocycles. The minimum atomic E-state index is 0.00497. The van der Waals surface area contributed by atoms with E-state index >= 15 is 0 Å². The minimum absolute atomic E-state index is 0.00497. The maximum absolute atomic E-state index is 11.8. The first kappa shape index (κ1) is 10.3. The van der Waals surface area contributed by atoms with Crippen molar-refractivity contribution in [1.82, 2.24) is 9.97 Å². The van der Waals surface area contributed by atoms with Gasteiger partial charge in [0.25, 0.3) is 0 Å². The molecule has 80 valence electrons. The predicted molar refractivity (Wildman–Crippen MR) is 60.9 cm³/mol. The highest BCUT2D eigenvalue weighted by Gasteiger charge is 2.07. The zero-order chi connectivity index (χ0) is 11.4. The first-order chi connectivity index (χ1) is 7.75. The van der Waals surface area contributed by atoms with E-state index in [0.717, 1.165) is 0 Å². The molecule has 0 fully saturated rings. The molecule has 1 heterocycles. The van der Waals surface area contributed by atoms with Crippen LogP contribution in [0.4, 0.5) is 5.69 Å². The lowest BCUT2D eigenvalue weighted by atomic mass is 10.1. The summed E-state index contributed by atoms with van der Waals surface area (Å²) in [4.78, 5) is 19.8. The number of nitrogen functional groups attached to an aromatic ring is 1. The molecule has 2 rings (SSSR count). The van der Waals surface area contributed by atoms with E-state index in [4.69, 9.17) is 5.73 Å². The summed E-state index contributed by atoms with van der Waals surface area (Å²) >= 11 is 0. The van der Waals surface area contributed by atoms with Crippen molar-refractivity contribution in [2.45, 2.75) is 6.42 Å². The number of hydrogen-bond donors (Lipinski definition) is 1. The number of hydrogen-bond acceptors (Lipinski definition) is 4. The summed E-state index contributed by atoms with van der Waals surface area (Å²) < 4.78 is 0. The Morgan fingerprint density at radius 1 is 1.12 bits per heavy atom. The number of anilines is 1. The Balaban J connectivity index is 2.11. The molecule has 4 heteroatoms. The van der Waals surface area contributed by atoms with E-state index in [1.807, 2.05) is 18.2 Å². The van der Waals surface area contributed by atoms with Gasteiger partial charge in [-0.1, -0.05) is 30.3 Å². The average molecular weight is 213 g/mol. The van der Waals surface area contributed by atoms with Crippen LogP contribution in [-0.4, -0.2) is 15.8 Å². The Labute approximate surface area is 93.2 Å². The van der Waals surface area contributed by atoms with E-state index in [2.05, 4.69) is 9.97 Å². The molecule has 0 radical (unpaired) electrons. The van der Waals surface area contributed by atoms with Crippen molar-refractivity contribution in [3.05, 3.63) is 54.1 Å². The highest BCUT2D eigenvalue weighted by molar-refractivity contribution is 5.97. The Morgan fingerprint density at radius 3 is 2.38 bits per heavy atom. The van der Waals surface area contributed by atoms with Crippen molar-refractivity contribution in [3.8, 4) is 0 Å². The second-order valence-electron chi connectivity index (χ2n) is 3.40. The lowest BCUT2D eigenvalue weighted by Gasteiger charge is -2.00. The molecule has 0 saturated heterocycles. The zero-order valence-electron chi connectivity index (χ0n) is 8.63. The molecule has 2 aromatic rings. The predicted octanol–water partition coefficient (Wildman–Crippen LogP) is 1.48. The standard InChI is InChI=1S/C12H11N3O/c13-10-7-14-12(15-8-10)6-11(16)9-4-2-1-3-5-9/h1-5,7-8H,6,13H2. The van der Waals surface area contributed by atoms with Crippen LogP contribution in [0, 0.1) is 0 Å². The van der Waals surface area contributed by atoms with Crippen molar-refractivity contribution < 1.29 is 4.79 Å². The van der Waals surface area contributed by atoms with Gasteiger partial charge < -0.3 is 5.73 Å². The highest BCUT2D eigenvalue weighted by atomic mass is 16.1. The van der Waals surface area contributed by atoms with Gasteiger partial charge in [0.15, 0.2) is 5.78 Å². The van der Waals surface area contributed by atoms with E-state index in [9.17, 15) is 4.79 Å². The number of nitrogens with zero attached hydrogens (tertiary/aromatic N) is 2. The molecule has 16 heavy (non-hydrogen) atoms. The molecule has 0 spiro atoms. The van der Waals surface area contributed by atoms with Crippen LogP contribution in [0.5, 0.6) is 0 Å². The van der Waals surface area contributed by atoms with Crippen molar-refractivity contribution in [2.75, 3.05) is 5.73 Å². The summed E-state index contributed by atoms with van der Waals surface area (Å²) in [6.07, 6.45) is 3.20. The SMILES string of the molecule is Nc1cnc(CC(=O)c2ccccc2)nc1. The second-order valence-corrected chi connectivity index (χ2v) is 3.40. The molecule has 1 aromatic heterocycles. The fourth-order valence-corrected chi connectivity index (χ4v) is 1.33. The summed E-state index contributed by atoms with van der Waals surface area (Å²) in [6, 6.07) is 9.09. The van der Waals surface area contributed by atoms with Gasteiger partial charge in [-0.25, -0.2) is 9.97 Å². The summed E-state index contributed by atoms with van der Waals surface area (Å²) in [6.45, 7) is 0. The normalized spacial score (nSPS) is 10.0. The molecule has 1 aromatic carbocycles. The quantitative estimate of drug-likeness (QED) is 0.784. The van der Waals surface area contributed by atoms with E-state index in [1.54, 1.807) is 12.1 Å². The van der Waals surface area contributed by atoms with Crippen LogP contribution < -0.4 is 5.73 Å². The third-order valence-corrected chi connectivity index (χ3v) is 2.14. The first-order valence-corrected chi connectivity index (χ1v) is 4.90. The lowest BCUT2D eigenvalue weighted by molar-refractivity contribution is 0.0991. The van der Waals surface area contributed by atoms with Crippen molar-refractivity contribution >= 4 is 11.5 Å². The van der Waals surface area contributed by atoms with E-state index < -0.39 is 0 Å². The number of nitrogens with two attached hydrogens (primary N) is 1. The van der Waals surface area contributed by atoms with Gasteiger partial charge in [0.2, 0.25) is 0 Å². The number of benzene rings is 1. The van der Waals surface area contributed by atoms with Crippen LogP contribution in [0.3, 0.4) is 0 Å². The second kappa shape index (κ2) is 4.53. The average Bonchev–Trinajstić information content (AvgIpc) is 2.33. The summed E-state index contributed by atoms with van der Waals surface area (Å²) in [7, 11) is 0. The zero-order valence-corrected chi connectivity index (χ0v) is 8.63. The maximum atomic E-state index is 11.8. The summed E-state index contributed by atoms with van der Waals surface area (Å²) in [5.41, 5.74) is 6.62. The minimum Gasteiger partial charge on any atom is -0.396 e. The largest absolute Gasteiger partial charge is 0.396 e. The van der Waals surface area contributed by atoms with Crippen LogP contribution in [0.1, 0.15) is 16.2 Å². The fraction of sp³-hybridized carbons (Fsp3) is 0.0833. The van der Waals surface area contributed by atoms with Crippen LogP contribution in [0.25, 0.3) is 0 Å². The lowest BCUT2D eigenvalue weighted by Crippen LogP contribution is -2.07. The monoisotopic (exact) mass is 213 g/mol. The van der Waals surface area contributed by atoms with E-state index in [0.29, 0.717) is 17.1 Å². The summed E-state index contributed by atoms with van der Waals surface area (Å²) in [5.74, 6) is 0.494. The third-order valence-electron chi connectivity index (χ3n) is 2.14. The number of rotatable bonds is 3. The Bertz CT molecular complexity index is 479. The Kier molecular flexibility index (Phi) is 2.91. The molecule has 0 bridgehead atoms. The third kappa shape index (κ3) is 2.42. The van der Waals surface area contributed by atoms with Gasteiger partial charge in [-0.05, 0) is 0 Å². The number of aromatic nitrogens is 2. The van der Waals surface area contributed by atoms with Gasteiger partial charge in [-0.2, -0.15) is 0 Å². The van der Waals surface area contributed by atoms with Crippen LogP contribution in [-0.2, 0) is 6.42 Å². The van der Waals surface area contributed by atoms with E-state index in [1.165, 1.54) is 12.4 Å². The van der Waals surface area contributed by atoms with Gasteiger partial charge in [0, 0.05) is 5.56 Å². The van der Waals surface area contributed by atoms with Gasteiger partial charge in [0.1, 0.15) is 5.82 Å². The Hall–Kier alpha value is -2.23. The maximum Gasteiger partial charge on any atom is 0.170 e. The fourth-order valence-electron chi connectivity index (χ4n) is 1.33. The Morgan fingerprint density at radius 2 is 1.75 bits per heavy atom. The molecule has 0 amide bonds. The van der Waals surface area contributed by atoms with Crippen molar-refractivity contribution in [2.24, 2.45) is 0 Å². The summed E-state index contributed by atoms with van der Waals surface area (Å²) in [5, 5.41) is 0. The molecule has 0 aliphatic rings. The molecule has 4 nitrogen and oxygen atoms in total. The topological polar surface area (TPSA) is 68.9 Å². The molecule has 0 unspecified atom stereocenters. The number of Topliss-reactive ketones (excluding diaryl/α,β-unsaturated/α-hetero) is 1. The van der Waals surface area contributed by atoms with Gasteiger partial charge in [-0.3, -0.25) is 4.79 Å². The molecular weight excluding hydrogens is 202 g/mol. The number of ketones is 1. The van der Waals surface area contributed by atoms with Gasteiger partial charge in [-0.15, -0.1) is 0 Å². The van der Waals surface area contributed by atoms with Gasteiger partial charge >= 0.3 is 0 Å². The van der Waals surface area contributed by atoms with Crippen molar-refractivity contribution in [3.63, 3.8) is 0 Å². The number of carbonyl (C=O) groups excluding carboxylic acids is 1. The van der Waals surface area contributed by atoms with Crippen LogP contribution >= 0.6 is 0 Å². The van der Waals surface area contributed by atoms with Gasteiger partial charge in [0.05, 0.1) is 24.5 Å². The smallest absolute Gasteiger partial charge is 0.170 e. The van der Waals surface area contributed by atoms with Crippen molar-refractivity contribution in [1.29, 1.82) is 0 Å². The number of carbonyl (C=O) groups is 1. The van der Waals surface area contributed by atoms with Crippen LogP contribution in [0.15, 0.2) is 42.7 Å². The molecule has 0 atom stereocenters. The van der Waals surface area contributed by atoms with Crippen LogP contribution in [0.2, 0.25) is 0 Å². The first-order valence-electron chi connectivity index (χ1n) is 4.90. The molecule has 0 saturated carbocycles. The van der Waals surface area contributed by atoms with E-state index in [-0.39, 0.29) is 12.2 Å². The molecule has 0 aliphatic carbocycles. The highest BCUT2D eigenvalue weighted by Crippen LogP contribution is 2.04. The molecule has 2 N–H and O–H groups in total.